The smallest absolute Gasteiger partial charge is 0.247 e. The van der Waals surface area contributed by atoms with Gasteiger partial charge in [0.05, 0.1) is 6.54 Å². The van der Waals surface area contributed by atoms with Gasteiger partial charge >= 0.3 is 0 Å². The van der Waals surface area contributed by atoms with Crippen molar-refractivity contribution < 1.29 is 4.79 Å². The number of nitrogens with zero attached hydrogens (tertiary/aromatic N) is 6. The maximum absolute atomic E-state index is 13.0. The van der Waals surface area contributed by atoms with E-state index in [1.807, 2.05) is 48.7 Å². The largest absolute Gasteiger partial charge is 0.341 e. The van der Waals surface area contributed by atoms with E-state index < -0.39 is 0 Å². The summed E-state index contributed by atoms with van der Waals surface area (Å²) in [5, 5.41) is 4.26. The molecular formula is C21H26N6O. The highest BCUT2D eigenvalue weighted by Gasteiger charge is 2.30. The third kappa shape index (κ3) is 3.83. The average molecular weight is 378 g/mol. The van der Waals surface area contributed by atoms with Crippen molar-refractivity contribution in [1.29, 1.82) is 0 Å². The Hall–Kier alpha value is -2.96. The van der Waals surface area contributed by atoms with Crippen LogP contribution in [0.4, 0.5) is 0 Å². The predicted octanol–water partition coefficient (Wildman–Crippen LogP) is 2.88. The highest BCUT2D eigenvalue weighted by molar-refractivity contribution is 5.80. The molecule has 3 aromatic rings. The molecule has 1 atom stereocenters. The highest BCUT2D eigenvalue weighted by atomic mass is 16.2. The topological polar surface area (TPSA) is 68.8 Å². The zero-order chi connectivity index (χ0) is 19.3. The zero-order valence-corrected chi connectivity index (χ0v) is 16.2. The van der Waals surface area contributed by atoms with Crippen LogP contribution in [0.5, 0.6) is 0 Å². The molecule has 146 valence electrons. The molecule has 1 aliphatic rings. The Kier molecular flexibility index (Phi) is 5.50. The summed E-state index contributed by atoms with van der Waals surface area (Å²) in [5.41, 5.74) is 1.17. The fraction of sp³-hybridized carbons (Fsp3) is 0.429. The summed E-state index contributed by atoms with van der Waals surface area (Å²) in [6, 6.07) is 5.70. The normalized spacial score (nSPS) is 16.2. The number of piperidine rings is 1. The van der Waals surface area contributed by atoms with Crippen LogP contribution in [0.1, 0.15) is 49.5 Å². The summed E-state index contributed by atoms with van der Waals surface area (Å²) >= 11 is 0. The molecule has 4 heterocycles. The standard InChI is InChI=1S/C21H26N6O/c1-2-19(27-11-4-9-24-27)21(28)25-12-6-18(7-13-25)20-23-10-14-26(20)16-17-5-3-8-22-15-17/h3-5,8-11,14-15,18-19H,2,6-7,12-13,16H2,1H3/t19-/m1/s1. The molecule has 3 aromatic heterocycles. The van der Waals surface area contributed by atoms with Crippen LogP contribution in [0.15, 0.2) is 55.4 Å². The highest BCUT2D eigenvalue weighted by Crippen LogP contribution is 2.29. The van der Waals surface area contributed by atoms with Gasteiger partial charge in [0.1, 0.15) is 11.9 Å². The monoisotopic (exact) mass is 378 g/mol. The Morgan fingerprint density at radius 2 is 2.04 bits per heavy atom. The van der Waals surface area contributed by atoms with E-state index in [-0.39, 0.29) is 11.9 Å². The number of aromatic nitrogens is 5. The van der Waals surface area contributed by atoms with Crippen molar-refractivity contribution in [2.45, 2.75) is 44.7 Å². The van der Waals surface area contributed by atoms with Gasteiger partial charge < -0.3 is 9.47 Å². The molecule has 1 fully saturated rings. The van der Waals surface area contributed by atoms with Crippen LogP contribution < -0.4 is 0 Å². The first-order valence-corrected chi connectivity index (χ1v) is 9.94. The molecular weight excluding hydrogens is 352 g/mol. The van der Waals surface area contributed by atoms with Crippen LogP contribution in [-0.4, -0.2) is 48.2 Å². The molecule has 7 nitrogen and oxygen atoms in total. The summed E-state index contributed by atoms with van der Waals surface area (Å²) in [4.78, 5) is 23.8. The zero-order valence-electron chi connectivity index (χ0n) is 16.2. The summed E-state index contributed by atoms with van der Waals surface area (Å²) in [5.74, 6) is 1.65. The number of rotatable bonds is 6. The van der Waals surface area contributed by atoms with Gasteiger partial charge in [0.15, 0.2) is 0 Å². The van der Waals surface area contributed by atoms with Crippen molar-refractivity contribution in [3.63, 3.8) is 0 Å². The first-order valence-electron chi connectivity index (χ1n) is 9.94. The number of imidazole rings is 1. The maximum Gasteiger partial charge on any atom is 0.247 e. The molecule has 0 aromatic carbocycles. The molecule has 0 saturated carbocycles. The van der Waals surface area contributed by atoms with Gasteiger partial charge in [-0.2, -0.15) is 5.10 Å². The second-order valence-corrected chi connectivity index (χ2v) is 7.28. The first kappa shape index (κ1) is 18.4. The van der Waals surface area contributed by atoms with E-state index in [1.165, 1.54) is 5.56 Å². The number of carbonyl (C=O) groups excluding carboxylic acids is 1. The van der Waals surface area contributed by atoms with Crippen LogP contribution in [0, 0.1) is 0 Å². The molecule has 1 saturated heterocycles. The van der Waals surface area contributed by atoms with Crippen LogP contribution in [0.3, 0.4) is 0 Å². The van der Waals surface area contributed by atoms with Crippen molar-refractivity contribution in [3.8, 4) is 0 Å². The van der Waals surface area contributed by atoms with Crippen LogP contribution >= 0.6 is 0 Å². The minimum Gasteiger partial charge on any atom is -0.341 e. The minimum absolute atomic E-state index is 0.170. The van der Waals surface area contributed by atoms with Crippen LogP contribution in [0.25, 0.3) is 0 Å². The molecule has 0 unspecified atom stereocenters. The van der Waals surface area contributed by atoms with E-state index in [9.17, 15) is 4.79 Å². The van der Waals surface area contributed by atoms with Gasteiger partial charge in [-0.25, -0.2) is 4.98 Å². The lowest BCUT2D eigenvalue weighted by Gasteiger charge is -2.34. The second-order valence-electron chi connectivity index (χ2n) is 7.28. The van der Waals surface area contributed by atoms with Crippen molar-refractivity contribution >= 4 is 5.91 Å². The minimum atomic E-state index is -0.209. The number of amides is 1. The number of carbonyl (C=O) groups is 1. The quantitative estimate of drug-likeness (QED) is 0.661. The van der Waals surface area contributed by atoms with Crippen molar-refractivity contribution in [3.05, 3.63) is 66.8 Å². The van der Waals surface area contributed by atoms with E-state index in [4.69, 9.17) is 0 Å². The van der Waals surface area contributed by atoms with Crippen LogP contribution in [0.2, 0.25) is 0 Å². The number of hydrogen-bond acceptors (Lipinski definition) is 4. The first-order chi connectivity index (χ1) is 13.8. The van der Waals surface area contributed by atoms with Gasteiger partial charge in [0.2, 0.25) is 5.91 Å². The molecule has 7 heteroatoms. The van der Waals surface area contributed by atoms with Gasteiger partial charge in [-0.1, -0.05) is 13.0 Å². The molecule has 28 heavy (non-hydrogen) atoms. The van der Waals surface area contributed by atoms with E-state index in [2.05, 4.69) is 25.7 Å². The summed E-state index contributed by atoms with van der Waals surface area (Å²) in [6.45, 7) is 4.34. The third-order valence-electron chi connectivity index (χ3n) is 5.51. The molecule has 0 N–H and O–H groups in total. The van der Waals surface area contributed by atoms with E-state index in [0.29, 0.717) is 5.92 Å². The van der Waals surface area contributed by atoms with Crippen molar-refractivity contribution in [2.75, 3.05) is 13.1 Å². The fourth-order valence-corrected chi connectivity index (χ4v) is 4.01. The van der Waals surface area contributed by atoms with Gasteiger partial charge in [-0.05, 0) is 37.0 Å². The summed E-state index contributed by atoms with van der Waals surface area (Å²) in [6.07, 6.45) is 13.8. The van der Waals surface area contributed by atoms with Crippen molar-refractivity contribution in [1.82, 2.24) is 29.2 Å². The molecule has 1 aliphatic heterocycles. The predicted molar refractivity (Wildman–Crippen MR) is 106 cm³/mol. The molecule has 0 aliphatic carbocycles. The van der Waals surface area contributed by atoms with E-state index in [0.717, 1.165) is 44.7 Å². The molecule has 0 radical (unpaired) electrons. The van der Waals surface area contributed by atoms with Gasteiger partial charge in [0.25, 0.3) is 0 Å². The summed E-state index contributed by atoms with van der Waals surface area (Å²) < 4.78 is 3.98. The summed E-state index contributed by atoms with van der Waals surface area (Å²) in [7, 11) is 0. The van der Waals surface area contributed by atoms with Gasteiger partial charge in [0, 0.05) is 56.2 Å². The Morgan fingerprint density at radius 3 is 2.71 bits per heavy atom. The second kappa shape index (κ2) is 8.37. The Labute approximate surface area is 165 Å². The van der Waals surface area contributed by atoms with Gasteiger partial charge in [-0.3, -0.25) is 14.5 Å². The number of hydrogen-bond donors (Lipinski definition) is 0. The Morgan fingerprint density at radius 1 is 1.18 bits per heavy atom. The fourth-order valence-electron chi connectivity index (χ4n) is 4.01. The number of likely N-dealkylation sites (tertiary alicyclic amines) is 1. The van der Waals surface area contributed by atoms with E-state index >= 15 is 0 Å². The average Bonchev–Trinajstić information content (AvgIpc) is 3.42. The lowest BCUT2D eigenvalue weighted by molar-refractivity contribution is -0.136. The van der Waals surface area contributed by atoms with E-state index in [1.54, 1.807) is 17.1 Å². The third-order valence-corrected chi connectivity index (χ3v) is 5.51. The lowest BCUT2D eigenvalue weighted by atomic mass is 9.95. The molecule has 1 amide bonds. The Balaban J connectivity index is 1.40. The van der Waals surface area contributed by atoms with Gasteiger partial charge in [-0.15, -0.1) is 0 Å². The van der Waals surface area contributed by atoms with Crippen LogP contribution in [-0.2, 0) is 11.3 Å². The lowest BCUT2D eigenvalue weighted by Crippen LogP contribution is -2.42. The molecule has 0 spiro atoms. The van der Waals surface area contributed by atoms with Crippen molar-refractivity contribution in [2.24, 2.45) is 0 Å². The molecule has 0 bridgehead atoms. The molecule has 4 rings (SSSR count). The Bertz CT molecular complexity index is 881. The maximum atomic E-state index is 13.0. The number of pyridine rings is 1. The SMILES string of the molecule is CC[C@H](C(=O)N1CCC(c2nccn2Cc2cccnc2)CC1)n1cccn1.